The van der Waals surface area contributed by atoms with Crippen LogP contribution in [0, 0.1) is 11.7 Å². The van der Waals surface area contributed by atoms with E-state index in [4.69, 9.17) is 11.6 Å². The van der Waals surface area contributed by atoms with Crippen LogP contribution in [0.3, 0.4) is 0 Å². The minimum Gasteiger partial charge on any atom is -0.352 e. The van der Waals surface area contributed by atoms with Crippen molar-refractivity contribution in [3.8, 4) is 0 Å². The van der Waals surface area contributed by atoms with Crippen molar-refractivity contribution in [3.63, 3.8) is 0 Å². The highest BCUT2D eigenvalue weighted by Gasteiger charge is 2.43. The van der Waals surface area contributed by atoms with Crippen molar-refractivity contribution in [2.75, 3.05) is 20.1 Å². The first-order valence-corrected chi connectivity index (χ1v) is 11.2. The molecule has 0 bridgehead atoms. The van der Waals surface area contributed by atoms with Crippen LogP contribution in [0.5, 0.6) is 0 Å². The maximum absolute atomic E-state index is 13.6. The van der Waals surface area contributed by atoms with Gasteiger partial charge in [0, 0.05) is 22.9 Å². The predicted molar refractivity (Wildman–Crippen MR) is 125 cm³/mol. The van der Waals surface area contributed by atoms with Crippen molar-refractivity contribution in [1.29, 1.82) is 0 Å². The molecule has 1 N–H and O–H groups in total. The van der Waals surface area contributed by atoms with Crippen LogP contribution in [0.2, 0.25) is 5.02 Å². The van der Waals surface area contributed by atoms with E-state index in [1.54, 1.807) is 0 Å². The second kappa shape index (κ2) is 8.97. The Morgan fingerprint density at radius 1 is 1.13 bits per heavy atom. The fraction of sp³-hybridized carbons (Fsp3) is 0.346. The fourth-order valence-corrected chi connectivity index (χ4v) is 5.10. The average Bonchev–Trinajstić information content (AvgIpc) is 2.78. The molecule has 1 saturated heterocycles. The Morgan fingerprint density at radius 2 is 1.81 bits per heavy atom. The highest BCUT2D eigenvalue weighted by atomic mass is 35.5. The summed E-state index contributed by atoms with van der Waals surface area (Å²) in [5.74, 6) is -0.480. The molecule has 1 amide bonds. The van der Waals surface area contributed by atoms with Gasteiger partial charge in [0.2, 0.25) is 5.91 Å². The molecule has 1 atom stereocenters. The number of carbonyl (C=O) groups is 1. The van der Waals surface area contributed by atoms with Crippen molar-refractivity contribution in [1.82, 2.24) is 10.2 Å². The Kier molecular flexibility index (Phi) is 6.31. The molecule has 1 unspecified atom stereocenters. The Morgan fingerprint density at radius 3 is 2.52 bits per heavy atom. The maximum atomic E-state index is 13.6. The fourth-order valence-electron chi connectivity index (χ4n) is 4.85. The molecule has 1 heterocycles. The van der Waals surface area contributed by atoms with Gasteiger partial charge in [0.1, 0.15) is 5.82 Å². The maximum Gasteiger partial charge on any atom is 0.223 e. The third-order valence-corrected chi connectivity index (χ3v) is 7.10. The number of amides is 1. The van der Waals surface area contributed by atoms with E-state index in [2.05, 4.69) is 17.3 Å². The summed E-state index contributed by atoms with van der Waals surface area (Å²) < 4.78 is 13.6. The first kappa shape index (κ1) is 21.8. The Balaban J connectivity index is 1.57. The molecule has 4 rings (SSSR count). The van der Waals surface area contributed by atoms with Crippen LogP contribution in [0.25, 0.3) is 10.8 Å². The Labute approximate surface area is 188 Å². The molecule has 1 aliphatic heterocycles. The number of hydrogen-bond donors (Lipinski definition) is 1. The molecule has 31 heavy (non-hydrogen) atoms. The third-order valence-electron chi connectivity index (χ3n) is 6.89. The number of halogens is 2. The van der Waals surface area contributed by atoms with E-state index in [0.29, 0.717) is 11.6 Å². The number of rotatable bonds is 5. The number of benzene rings is 3. The van der Waals surface area contributed by atoms with Gasteiger partial charge in [0.25, 0.3) is 0 Å². The Hall–Kier alpha value is -2.43. The normalized spacial score (nSPS) is 17.4. The van der Waals surface area contributed by atoms with Gasteiger partial charge in [-0.3, -0.25) is 4.79 Å². The standard InChI is InChI=1S/C26H28ClFN2O/c1-18(26(11-13-30(2)14-12-26)21-7-9-23(28)10-8-21)25(31)29-17-20-16-22(27)15-19-5-3-4-6-24(19)20/h3-10,15-16,18H,11-14,17H2,1-2H3,(H,29,31). The minimum atomic E-state index is -0.305. The van der Waals surface area contributed by atoms with E-state index in [-0.39, 0.29) is 23.1 Å². The summed E-state index contributed by atoms with van der Waals surface area (Å²) in [5.41, 5.74) is 1.74. The average molecular weight is 439 g/mol. The zero-order chi connectivity index (χ0) is 22.0. The van der Waals surface area contributed by atoms with Gasteiger partial charge in [-0.15, -0.1) is 0 Å². The summed E-state index contributed by atoms with van der Waals surface area (Å²) in [4.78, 5) is 15.6. The van der Waals surface area contributed by atoms with Gasteiger partial charge in [-0.1, -0.05) is 54.9 Å². The quantitative estimate of drug-likeness (QED) is 0.566. The molecule has 1 fully saturated rings. The molecule has 0 spiro atoms. The first-order chi connectivity index (χ1) is 14.9. The van der Waals surface area contributed by atoms with Crippen LogP contribution in [0.15, 0.2) is 60.7 Å². The number of nitrogens with one attached hydrogen (secondary N) is 1. The number of piperidine rings is 1. The van der Waals surface area contributed by atoms with Crippen LogP contribution >= 0.6 is 11.6 Å². The number of carbonyl (C=O) groups excluding carboxylic acids is 1. The molecule has 0 radical (unpaired) electrons. The third kappa shape index (κ3) is 4.46. The second-order valence-electron chi connectivity index (χ2n) is 8.69. The van der Waals surface area contributed by atoms with Gasteiger partial charge in [-0.2, -0.15) is 0 Å². The highest BCUT2D eigenvalue weighted by molar-refractivity contribution is 6.31. The van der Waals surface area contributed by atoms with E-state index >= 15 is 0 Å². The second-order valence-corrected chi connectivity index (χ2v) is 9.13. The lowest BCUT2D eigenvalue weighted by Gasteiger charge is -2.44. The van der Waals surface area contributed by atoms with Crippen molar-refractivity contribution >= 4 is 28.3 Å². The molecule has 0 aliphatic carbocycles. The van der Waals surface area contributed by atoms with E-state index in [0.717, 1.165) is 47.8 Å². The van der Waals surface area contributed by atoms with Gasteiger partial charge in [-0.25, -0.2) is 4.39 Å². The van der Waals surface area contributed by atoms with E-state index < -0.39 is 0 Å². The van der Waals surface area contributed by atoms with E-state index in [9.17, 15) is 9.18 Å². The van der Waals surface area contributed by atoms with Crippen LogP contribution in [-0.4, -0.2) is 30.9 Å². The van der Waals surface area contributed by atoms with Crippen molar-refractivity contribution in [2.24, 2.45) is 5.92 Å². The molecule has 162 valence electrons. The summed E-state index contributed by atoms with van der Waals surface area (Å²) >= 11 is 6.30. The highest BCUT2D eigenvalue weighted by Crippen LogP contribution is 2.42. The lowest BCUT2D eigenvalue weighted by molar-refractivity contribution is -0.127. The minimum absolute atomic E-state index is 0.0120. The molecule has 5 heteroatoms. The smallest absolute Gasteiger partial charge is 0.223 e. The molecular formula is C26H28ClFN2O. The monoisotopic (exact) mass is 438 g/mol. The molecule has 3 nitrogen and oxygen atoms in total. The zero-order valence-electron chi connectivity index (χ0n) is 18.0. The largest absolute Gasteiger partial charge is 0.352 e. The van der Waals surface area contributed by atoms with E-state index in [1.807, 2.05) is 55.5 Å². The molecule has 3 aromatic rings. The summed E-state index contributed by atoms with van der Waals surface area (Å²) in [6.07, 6.45) is 1.73. The molecule has 0 saturated carbocycles. The number of hydrogen-bond acceptors (Lipinski definition) is 2. The van der Waals surface area contributed by atoms with Crippen LogP contribution in [0.4, 0.5) is 4.39 Å². The van der Waals surface area contributed by atoms with Crippen LogP contribution in [-0.2, 0) is 16.8 Å². The molecule has 0 aromatic heterocycles. The number of nitrogens with zero attached hydrogens (tertiary/aromatic N) is 1. The Bertz CT molecular complexity index is 1070. The number of fused-ring (bicyclic) bond motifs is 1. The topological polar surface area (TPSA) is 32.3 Å². The van der Waals surface area contributed by atoms with Crippen molar-refractivity contribution in [2.45, 2.75) is 31.7 Å². The number of likely N-dealkylation sites (tertiary alicyclic amines) is 1. The summed E-state index contributed by atoms with van der Waals surface area (Å²) in [6, 6.07) is 18.6. The summed E-state index contributed by atoms with van der Waals surface area (Å²) in [5, 5.41) is 5.96. The van der Waals surface area contributed by atoms with Crippen LogP contribution < -0.4 is 5.32 Å². The van der Waals surface area contributed by atoms with Gasteiger partial charge >= 0.3 is 0 Å². The first-order valence-electron chi connectivity index (χ1n) is 10.8. The van der Waals surface area contributed by atoms with Crippen molar-refractivity contribution < 1.29 is 9.18 Å². The SMILES string of the molecule is CC(C(=O)NCc1cc(Cl)cc2ccccc12)C1(c2ccc(F)cc2)CCN(C)CC1. The molecule has 3 aromatic carbocycles. The van der Waals surface area contributed by atoms with Gasteiger partial charge in [0.15, 0.2) is 0 Å². The predicted octanol–water partition coefficient (Wildman–Crippen LogP) is 5.55. The lowest BCUT2D eigenvalue weighted by atomic mass is 9.64. The van der Waals surface area contributed by atoms with E-state index in [1.165, 1.54) is 12.1 Å². The molecular weight excluding hydrogens is 411 g/mol. The molecule has 1 aliphatic rings. The van der Waals surface area contributed by atoms with Gasteiger partial charge < -0.3 is 10.2 Å². The summed E-state index contributed by atoms with van der Waals surface area (Å²) in [7, 11) is 2.10. The van der Waals surface area contributed by atoms with Crippen molar-refractivity contribution in [3.05, 3.63) is 82.6 Å². The van der Waals surface area contributed by atoms with Gasteiger partial charge in [-0.05, 0) is 79.1 Å². The summed E-state index contributed by atoms with van der Waals surface area (Å²) in [6.45, 7) is 4.24. The lowest BCUT2D eigenvalue weighted by Crippen LogP contribution is -2.49. The van der Waals surface area contributed by atoms with Crippen LogP contribution in [0.1, 0.15) is 30.9 Å². The van der Waals surface area contributed by atoms with Gasteiger partial charge in [0.05, 0.1) is 0 Å². The zero-order valence-corrected chi connectivity index (χ0v) is 18.8.